The Balaban J connectivity index is 1.20. The third-order valence-electron chi connectivity index (χ3n) is 20.7. The Kier molecular flexibility index (Phi) is 42.0. The van der Waals surface area contributed by atoms with E-state index >= 15 is 0 Å². The average Bonchev–Trinajstić information content (AvgIpc) is 0.794. The first-order chi connectivity index (χ1) is 53.6. The molecule has 21 N–H and O–H groups in total. The molecule has 38 nitrogen and oxygen atoms in total. The Morgan fingerprint density at radius 2 is 1.10 bits per heavy atom. The van der Waals surface area contributed by atoms with Gasteiger partial charge in [-0.25, -0.2) is 4.79 Å². The normalized spacial score (nSPS) is 34.4. The Hall–Kier alpha value is -5.18. The van der Waals surface area contributed by atoms with Gasteiger partial charge in [-0.05, 0) is 31.8 Å². The van der Waals surface area contributed by atoms with E-state index in [0.717, 1.165) is 78.1 Å². The van der Waals surface area contributed by atoms with Crippen molar-refractivity contribution >= 4 is 23.7 Å². The van der Waals surface area contributed by atoms with Gasteiger partial charge in [-0.3, -0.25) is 14.4 Å². The second-order valence-corrected chi connectivity index (χ2v) is 29.4. The van der Waals surface area contributed by atoms with Crippen molar-refractivity contribution in [3.63, 3.8) is 0 Å². The molecule has 642 valence electrons. The van der Waals surface area contributed by atoms with Crippen LogP contribution in [0.2, 0.25) is 0 Å². The highest BCUT2D eigenvalue weighted by atomic mass is 16.8. The summed E-state index contributed by atoms with van der Waals surface area (Å²) in [5.41, 5.74) is 0.484. The minimum atomic E-state index is -3.40. The minimum Gasteiger partial charge on any atom is -0.480 e. The number of carbonyl (C=O) groups is 4. The second-order valence-electron chi connectivity index (χ2n) is 29.4. The minimum absolute atomic E-state index is 0.0592. The number of ether oxygens (including phenoxy) is 11. The molecule has 0 spiro atoms. The number of carboxylic acid groups (broad SMARTS) is 1. The van der Waals surface area contributed by atoms with E-state index in [9.17, 15) is 111 Å². The fourth-order valence-electron chi connectivity index (χ4n) is 14.4. The van der Waals surface area contributed by atoms with Crippen LogP contribution in [-0.4, -0.2) is 333 Å². The van der Waals surface area contributed by atoms with Crippen LogP contribution in [0.1, 0.15) is 175 Å². The van der Waals surface area contributed by atoms with Gasteiger partial charge in [0, 0.05) is 32.8 Å². The second kappa shape index (κ2) is 49.1. The monoisotopic (exact) mass is 1610 g/mol. The molecule has 0 bridgehead atoms. The Morgan fingerprint density at radius 1 is 0.589 bits per heavy atom. The fourth-order valence-corrected chi connectivity index (χ4v) is 14.4. The SMILES string of the molecule is CCCCCCCCCCCCCCC/C=C/[C@@H](O)C(CO[C@@H]1O[C@H](CO)[C@@H](O[C@@H]2O[C@H](CO)[C@H](O[C@@H]3O[C@H](CO)[C@H](O)[C@H](O[C@@H]4O[C@H](CO)[C@H](O)[C@H](O)[C@H]4O)[C@H]3NC(C)=O)[C@H](O[C@]3(C(=O)O)C[C@H](O)[C@@H](NC(C)=O)[C@H]([C@H](O)[C@H](O)CO)O3)[C@H]2O)[C@H](O)[C@H]1O)NC(=O)CCCCCCCCCCO/C(O)=C1/C=CC=C1[N+]#N. The van der Waals surface area contributed by atoms with Gasteiger partial charge in [0.15, 0.2) is 35.7 Å². The molecule has 0 saturated carbocycles. The van der Waals surface area contributed by atoms with Crippen molar-refractivity contribution in [2.45, 2.75) is 346 Å². The number of hydrogen-bond donors (Lipinski definition) is 21. The van der Waals surface area contributed by atoms with Gasteiger partial charge in [0.1, 0.15) is 116 Å². The molecule has 1 aliphatic carbocycles. The number of carboxylic acids is 1. The molecule has 5 aliphatic heterocycles. The molecule has 112 heavy (non-hydrogen) atoms. The zero-order valence-electron chi connectivity index (χ0n) is 64.0. The molecule has 0 radical (unpaired) electrons. The first-order valence-electron chi connectivity index (χ1n) is 39.3. The van der Waals surface area contributed by atoms with E-state index in [4.69, 9.17) is 57.5 Å². The standard InChI is InChI=1S/C74H123N5O33/c1-4-5-6-7-8-9-10-11-12-13-14-15-18-21-24-30-45(87)44(78-52(90)31-25-22-19-16-17-20-23-26-32-102-68(99)42-28-27-29-43(42)79-75)39-103-70-61(97)59(95)63(50(37-83)106-70)108-72-62(98)67(112-74(73(100)101)33-46(88)53(76-40(2)85)66(111-74)55(91)47(89)34-80)64(51(38-84)107-72)109-69-54(77-41(3)86)65(57(93)49(36-82)104-69)110-71-60(96)58(94)56(92)48(35-81)105-71/h24,27-30,44-51,53-67,69-72,80-84,87-89,91-98H,4-23,25-26,31-39H2,1-3H3,(H4-,76,77,78,85,86,90,99,100,101)/p+1/b30-24+,68-42-/t44?,45-,46+,47-,48-,49-,50-,51-,53-,54-,55-,56+,57+,58+,59-,60-,61-,62-,63-,64+,65-,66-,67-,69+,70-,71+,72+,74+/m1/s1. The van der Waals surface area contributed by atoms with Crippen LogP contribution in [0.15, 0.2) is 47.6 Å². The van der Waals surface area contributed by atoms with Crippen LogP contribution in [0, 0.1) is 5.39 Å². The van der Waals surface area contributed by atoms with Gasteiger partial charge in [-0.1, -0.05) is 141 Å². The quantitative estimate of drug-likeness (QED) is 0.0137. The van der Waals surface area contributed by atoms with E-state index < -0.39 is 241 Å². The predicted molar refractivity (Wildman–Crippen MR) is 388 cm³/mol. The molecule has 28 atom stereocenters. The van der Waals surface area contributed by atoms with Crippen LogP contribution in [0.3, 0.4) is 0 Å². The number of allylic oxidation sites excluding steroid dienone is 4. The van der Waals surface area contributed by atoms with Crippen molar-refractivity contribution in [1.82, 2.24) is 16.0 Å². The van der Waals surface area contributed by atoms with E-state index in [2.05, 4.69) is 27.9 Å². The lowest BCUT2D eigenvalue weighted by Gasteiger charge is -2.52. The molecule has 0 aromatic rings. The van der Waals surface area contributed by atoms with E-state index in [0.29, 0.717) is 25.7 Å². The van der Waals surface area contributed by atoms with E-state index in [1.54, 1.807) is 18.2 Å². The summed E-state index contributed by atoms with van der Waals surface area (Å²) < 4.78 is 65.4. The first kappa shape index (κ1) is 95.7. The summed E-state index contributed by atoms with van der Waals surface area (Å²) in [7, 11) is 0. The van der Waals surface area contributed by atoms with Crippen molar-refractivity contribution < 1.29 is 163 Å². The van der Waals surface area contributed by atoms with Crippen molar-refractivity contribution in [3.05, 3.63) is 52.6 Å². The average molecular weight is 1610 g/mol. The summed E-state index contributed by atoms with van der Waals surface area (Å²) in [6.07, 6.45) is -21.1. The summed E-state index contributed by atoms with van der Waals surface area (Å²) in [5, 5.41) is 216. The van der Waals surface area contributed by atoms with Crippen LogP contribution in [-0.2, 0) is 71.3 Å². The number of nitrogens with one attached hydrogen (secondary N) is 3. The lowest BCUT2D eigenvalue weighted by atomic mass is 9.88. The number of amides is 3. The van der Waals surface area contributed by atoms with E-state index in [-0.39, 0.29) is 30.2 Å². The van der Waals surface area contributed by atoms with Gasteiger partial charge < -0.3 is 160 Å². The topological polar surface area (TPSA) is 598 Å². The highest BCUT2D eigenvalue weighted by Crippen LogP contribution is 2.41. The Labute approximate surface area is 650 Å². The highest BCUT2D eigenvalue weighted by molar-refractivity contribution is 5.77. The summed E-state index contributed by atoms with van der Waals surface area (Å²) in [5.74, 6) is -8.15. The number of carbonyl (C=O) groups excluding carboxylic acids is 3. The smallest absolute Gasteiger partial charge is 0.399 e. The maximum Gasteiger partial charge on any atom is 0.399 e. The van der Waals surface area contributed by atoms with Gasteiger partial charge in [0.25, 0.3) is 11.7 Å². The lowest BCUT2D eigenvalue weighted by Crippen LogP contribution is -2.72. The highest BCUT2D eigenvalue weighted by Gasteiger charge is 2.62. The molecular weight excluding hydrogens is 1490 g/mol. The summed E-state index contributed by atoms with van der Waals surface area (Å²) in [4.78, 5) is 56.2. The van der Waals surface area contributed by atoms with Crippen LogP contribution >= 0.6 is 0 Å². The van der Waals surface area contributed by atoms with Gasteiger partial charge in [-0.15, -0.1) is 0 Å². The maximum absolute atomic E-state index is 13.8. The summed E-state index contributed by atoms with van der Waals surface area (Å²) in [6.45, 7) is -1.77. The van der Waals surface area contributed by atoms with Crippen LogP contribution in [0.25, 0.3) is 4.98 Å². The van der Waals surface area contributed by atoms with E-state index in [1.165, 1.54) is 63.5 Å². The van der Waals surface area contributed by atoms with Crippen molar-refractivity contribution in [1.29, 1.82) is 5.39 Å². The molecule has 0 aromatic carbocycles. The molecule has 0 aromatic heterocycles. The molecular formula is C74H124N5O33+. The Morgan fingerprint density at radius 3 is 1.68 bits per heavy atom. The first-order valence-corrected chi connectivity index (χ1v) is 39.3. The molecule has 5 saturated heterocycles. The van der Waals surface area contributed by atoms with Crippen LogP contribution in [0.5, 0.6) is 0 Å². The number of hydrogen-bond acceptors (Lipinski definition) is 33. The zero-order chi connectivity index (χ0) is 82.2. The number of aliphatic carboxylic acids is 1. The third kappa shape index (κ3) is 27.7. The molecule has 6 aliphatic rings. The summed E-state index contributed by atoms with van der Waals surface area (Å²) in [6, 6.07) is -4.89. The lowest BCUT2D eigenvalue weighted by molar-refractivity contribution is -0.403. The van der Waals surface area contributed by atoms with Crippen LogP contribution < -0.4 is 16.0 Å². The largest absolute Gasteiger partial charge is 0.480 e. The summed E-state index contributed by atoms with van der Waals surface area (Å²) >= 11 is 0. The molecule has 1 unspecified atom stereocenters. The number of aliphatic hydroxyl groups excluding tert-OH is 17. The molecule has 3 amide bonds. The van der Waals surface area contributed by atoms with Crippen molar-refractivity contribution in [3.8, 4) is 0 Å². The molecule has 6 rings (SSSR count). The van der Waals surface area contributed by atoms with Gasteiger partial charge in [0.05, 0.1) is 70.5 Å². The number of aliphatic hydroxyl groups is 17. The molecule has 38 heteroatoms. The fraction of sp³-hybridized carbons (Fsp3) is 0.838. The maximum atomic E-state index is 13.8. The van der Waals surface area contributed by atoms with E-state index in [1.807, 2.05) is 0 Å². The third-order valence-corrected chi connectivity index (χ3v) is 20.7. The number of diazo groups is 1. The Bertz CT molecular complexity index is 2970. The van der Waals surface area contributed by atoms with Crippen molar-refractivity contribution in [2.24, 2.45) is 0 Å². The van der Waals surface area contributed by atoms with Gasteiger partial charge in [0.2, 0.25) is 23.1 Å². The van der Waals surface area contributed by atoms with Gasteiger partial charge >= 0.3 is 11.7 Å². The van der Waals surface area contributed by atoms with Gasteiger partial charge in [-0.2, -0.15) is 0 Å². The molecule has 5 fully saturated rings. The number of rotatable bonds is 50. The van der Waals surface area contributed by atoms with Crippen LogP contribution in [0.4, 0.5) is 0 Å². The molecule has 5 heterocycles. The zero-order valence-corrected chi connectivity index (χ0v) is 64.0. The number of nitrogens with zero attached hydrogens (tertiary/aromatic N) is 2. The number of unbranched alkanes of at least 4 members (excludes halogenated alkanes) is 20. The predicted octanol–water partition coefficient (Wildman–Crippen LogP) is -1.92. The van der Waals surface area contributed by atoms with Crippen molar-refractivity contribution in [2.75, 3.05) is 46.2 Å².